The van der Waals surface area contributed by atoms with Crippen molar-refractivity contribution in [1.82, 2.24) is 20.4 Å². The zero-order valence-corrected chi connectivity index (χ0v) is 49.2. The molecule has 29 heteroatoms. The Morgan fingerprint density at radius 2 is 1.15 bits per heavy atom. The highest BCUT2D eigenvalue weighted by molar-refractivity contribution is 9.11. The highest BCUT2D eigenvalue weighted by Crippen LogP contribution is 2.40. The summed E-state index contributed by atoms with van der Waals surface area (Å²) in [7, 11) is 5.49. The lowest BCUT2D eigenvalue weighted by atomic mass is 9.82. The molecule has 0 saturated heterocycles. The zero-order valence-electron chi connectivity index (χ0n) is 41.2. The van der Waals surface area contributed by atoms with Crippen LogP contribution < -0.4 is 31.2 Å². The monoisotopic (exact) mass is 1360 g/mol. The molecule has 3 aliphatic carbocycles. The first-order valence-corrected chi connectivity index (χ1v) is 28.8. The number of nitrogens with two attached hydrogens (primary N) is 2. The Labute approximate surface area is 470 Å². The lowest BCUT2D eigenvalue weighted by Gasteiger charge is -2.33. The fourth-order valence-electron chi connectivity index (χ4n) is 7.56. The van der Waals surface area contributed by atoms with Crippen molar-refractivity contribution in [1.29, 1.82) is 0 Å². The van der Waals surface area contributed by atoms with E-state index in [1.54, 1.807) is 30.3 Å². The third-order valence-electron chi connectivity index (χ3n) is 11.8. The Morgan fingerprint density at radius 3 is 1.59 bits per heavy atom. The molecule has 3 saturated carbocycles. The van der Waals surface area contributed by atoms with Gasteiger partial charge in [0, 0.05) is 50.4 Å². The van der Waals surface area contributed by atoms with E-state index in [0.29, 0.717) is 87.1 Å². The molecule has 1 atom stereocenters. The van der Waals surface area contributed by atoms with E-state index >= 15 is 0 Å². The first-order chi connectivity index (χ1) is 35.5. The van der Waals surface area contributed by atoms with Crippen molar-refractivity contribution in [2.45, 2.75) is 101 Å². The molecule has 1 unspecified atom stereocenters. The number of oxime groups is 2. The number of carbonyl (C=O) groups is 2. The maximum Gasteiger partial charge on any atom is 0.248 e. The van der Waals surface area contributed by atoms with Gasteiger partial charge in [-0.05, 0) is 143 Å². The van der Waals surface area contributed by atoms with Gasteiger partial charge < -0.3 is 35.7 Å². The summed E-state index contributed by atoms with van der Waals surface area (Å²) in [6.45, 7) is 1.99. The highest BCUT2D eigenvalue weighted by atomic mass is 79.9. The molecule has 0 bridgehead atoms. The van der Waals surface area contributed by atoms with Crippen molar-refractivity contribution < 1.29 is 65.0 Å². The molecule has 75 heavy (non-hydrogen) atoms. The van der Waals surface area contributed by atoms with Gasteiger partial charge in [-0.25, -0.2) is 46.8 Å². The number of nitrogens with zero attached hydrogens (tertiary/aromatic N) is 6. The van der Waals surface area contributed by atoms with Gasteiger partial charge >= 0.3 is 0 Å². The largest absolute Gasteiger partial charge is 0.480 e. The summed E-state index contributed by atoms with van der Waals surface area (Å²) in [5.41, 5.74) is 15.1. The third kappa shape index (κ3) is 22.2. The van der Waals surface area contributed by atoms with Crippen LogP contribution in [0, 0.1) is 17.8 Å². The predicted molar refractivity (Wildman–Crippen MR) is 289 cm³/mol. The zero-order chi connectivity index (χ0) is 55.9. The fourth-order valence-corrected chi connectivity index (χ4v) is 9.17. The number of nitrogens with one attached hydrogen (secondary N) is 1. The van der Waals surface area contributed by atoms with Crippen molar-refractivity contribution in [3.63, 3.8) is 0 Å². The van der Waals surface area contributed by atoms with Gasteiger partial charge in [-0.3, -0.25) is 19.4 Å². The smallest absolute Gasteiger partial charge is 0.248 e. The molecular weight excluding hydrogens is 1300 g/mol. The van der Waals surface area contributed by atoms with Crippen molar-refractivity contribution in [2.24, 2.45) is 44.5 Å². The van der Waals surface area contributed by atoms with E-state index < -0.39 is 23.7 Å². The Hall–Kier alpha value is -3.82. The van der Waals surface area contributed by atoms with Crippen molar-refractivity contribution >= 4 is 112 Å². The Bertz CT molecular complexity index is 2430. The number of carbonyl (C=O) groups excluding carboxylic acids is 2. The molecule has 17 nitrogen and oxygen atoms in total. The topological polar surface area (TPSA) is 240 Å². The van der Waals surface area contributed by atoms with E-state index in [0.717, 1.165) is 11.8 Å². The van der Waals surface area contributed by atoms with Crippen LogP contribution in [0.2, 0.25) is 0 Å². The molecule has 3 aromatic rings. The van der Waals surface area contributed by atoms with Crippen molar-refractivity contribution in [3.8, 4) is 17.6 Å². The number of amidine groups is 3. The normalized spacial score (nSPS) is 19.5. The number of ether oxygens (including phenoxy) is 3. The number of hydrogen-bond acceptors (Lipinski definition) is 16. The molecule has 6 N–H and O–H groups in total. The average Bonchev–Trinajstić information content (AvgIpc) is 3.39. The van der Waals surface area contributed by atoms with Gasteiger partial charge in [0.05, 0.1) is 52.7 Å². The maximum absolute atomic E-state index is 13.3. The number of Topliss-reactive ketones (excluding diaryl/α,β-unsaturated/α-hetero) is 2. The number of pyridine rings is 3. The summed E-state index contributed by atoms with van der Waals surface area (Å²) in [5, 5.41) is 15.2. The Morgan fingerprint density at radius 1 is 0.733 bits per heavy atom. The van der Waals surface area contributed by atoms with Crippen LogP contribution in [0.25, 0.3) is 0 Å². The minimum atomic E-state index is -2.66. The number of ketones is 2. The maximum atomic E-state index is 13.3. The summed E-state index contributed by atoms with van der Waals surface area (Å²) in [4.78, 5) is 50.5. The second-order valence-corrected chi connectivity index (χ2v) is 21.5. The van der Waals surface area contributed by atoms with Crippen LogP contribution in [0.5, 0.6) is 17.6 Å². The van der Waals surface area contributed by atoms with E-state index in [-0.39, 0.29) is 99.1 Å². The van der Waals surface area contributed by atoms with Crippen LogP contribution in [0.1, 0.15) is 94.1 Å². The van der Waals surface area contributed by atoms with Gasteiger partial charge in [0.2, 0.25) is 35.4 Å². The fraction of sp³-hybridized carbons (Fsp3) is 0.565. The third-order valence-corrected chi connectivity index (χ3v) is 14.1. The summed E-state index contributed by atoms with van der Waals surface area (Å²) in [6, 6.07) is 10.1. The molecule has 7 rings (SSSR count). The van der Waals surface area contributed by atoms with E-state index in [1.807, 2.05) is 12.7 Å². The number of alkyl halides is 7. The molecule has 4 heterocycles. The van der Waals surface area contributed by atoms with Gasteiger partial charge in [0.25, 0.3) is 0 Å². The Balaban J connectivity index is 0.000000269. The first kappa shape index (κ1) is 65.5. The molecular formula is C46H58Br4F6N9O8PS. The molecule has 1 aliphatic heterocycles. The van der Waals surface area contributed by atoms with Gasteiger partial charge in [-0.2, -0.15) is 0 Å². The van der Waals surface area contributed by atoms with E-state index in [4.69, 9.17) is 40.6 Å². The molecule has 416 valence electrons. The van der Waals surface area contributed by atoms with Gasteiger partial charge in [0.15, 0.2) is 29.9 Å². The minimum absolute atomic E-state index is 0.0104. The summed E-state index contributed by atoms with van der Waals surface area (Å²) < 4.78 is 95.3. The van der Waals surface area contributed by atoms with E-state index in [9.17, 15) is 35.9 Å². The number of hydrogen-bond donors (Lipinski definition) is 4. The molecule has 3 fully saturated rings. The molecule has 0 radical (unpaired) electrons. The van der Waals surface area contributed by atoms with Gasteiger partial charge in [0.1, 0.15) is 22.9 Å². The molecule has 3 aromatic heterocycles. The van der Waals surface area contributed by atoms with Crippen LogP contribution in [0.15, 0.2) is 65.1 Å². The standard InChI is InChI=1S/C15H18BrF2N3O3.C15H18BrF2N3O2.C8H11BrF2O.C7H8BrN3O2.CH3PS/c1-23-14-10(16)2-3-11(20-14)13(19)21-24-8-12(22)9-4-6-15(17,18)7-5-9;1-22-14-10(16)2-3-11(20-14)13-19-12(8-23-21-13)9-4-6-15(17,18)7-5-9;9-5-7(12)6-1-3-8(10,11)4-2-6;1-13-7-4(8)2-3-5(10-7)6(9)11-12;1-2-3/h2-3,9H,4-8H2,1H3,(H2,19,21);2-3,9,12H,4-8H2,1H3,(H,19,21);6H,1-5H2;2-3,12H,1H3,(H2,9,11);1H3. The quantitative estimate of drug-likeness (QED) is 0.0237. The second kappa shape index (κ2) is 32.2. The lowest BCUT2D eigenvalue weighted by Crippen LogP contribution is -2.41. The number of halogens is 10. The van der Waals surface area contributed by atoms with Gasteiger partial charge in [-0.1, -0.05) is 38.0 Å². The summed E-state index contributed by atoms with van der Waals surface area (Å²) in [5.74, 6) is -6.71. The summed E-state index contributed by atoms with van der Waals surface area (Å²) >= 11 is 17.3. The Kier molecular flexibility index (Phi) is 28.1. The molecule has 4 aliphatic rings. The van der Waals surface area contributed by atoms with Crippen LogP contribution >= 0.6 is 71.1 Å². The molecule has 0 spiro atoms. The highest BCUT2D eigenvalue weighted by Gasteiger charge is 2.40. The first-order valence-electron chi connectivity index (χ1n) is 22.9. The van der Waals surface area contributed by atoms with E-state index in [1.165, 1.54) is 21.3 Å². The van der Waals surface area contributed by atoms with Crippen molar-refractivity contribution in [2.75, 3.05) is 46.5 Å². The van der Waals surface area contributed by atoms with Crippen LogP contribution in [0.4, 0.5) is 26.3 Å². The van der Waals surface area contributed by atoms with Crippen LogP contribution in [-0.2, 0) is 31.1 Å². The van der Waals surface area contributed by atoms with E-state index in [2.05, 4.69) is 111 Å². The van der Waals surface area contributed by atoms with Gasteiger partial charge in [-0.15, -0.1) is 0 Å². The lowest BCUT2D eigenvalue weighted by molar-refractivity contribution is -0.131. The predicted octanol–water partition coefficient (Wildman–Crippen LogP) is 11.0. The number of methoxy groups -OCH3 is 3. The second-order valence-electron chi connectivity index (χ2n) is 17.0. The number of aliphatic imine (C=N–C) groups is 1. The molecule has 0 amide bonds. The van der Waals surface area contributed by atoms with Crippen molar-refractivity contribution in [3.05, 3.63) is 66.9 Å². The van der Waals surface area contributed by atoms with Crippen LogP contribution in [-0.4, -0.2) is 120 Å². The SMILES string of the molecule is COc1nc(/C(N)=N/O)ccc1Br.COc1nc(/C(N)=N/OCC(=O)C2CCC(F)(F)CC2)ccc1Br.COc1nc(C2=NC(C3CCC(F)(F)CC3)CON2)ccc1Br.CP=S.O=C(CBr)C1CCC(F)(F)CC1. The summed E-state index contributed by atoms with van der Waals surface area (Å²) in [6.07, 6.45) is 1.02. The average molecular weight is 1360 g/mol. The van der Waals surface area contributed by atoms with Crippen LogP contribution in [0.3, 0.4) is 0 Å². The number of hydroxylamine groups is 1. The number of aromatic nitrogens is 3. The number of rotatable bonds is 13. The minimum Gasteiger partial charge on any atom is -0.480 e. The molecule has 0 aromatic carbocycles.